The van der Waals surface area contributed by atoms with Crippen molar-refractivity contribution in [3.8, 4) is 0 Å². The van der Waals surface area contributed by atoms with E-state index in [0.29, 0.717) is 116 Å². The Morgan fingerprint density at radius 1 is 0.467 bits per heavy atom. The molecule has 0 atom stereocenters. The molecule has 0 unspecified atom stereocenters. The van der Waals surface area contributed by atoms with Crippen LogP contribution in [0, 0.1) is 0 Å². The number of anilines is 5. The minimum atomic E-state index is -0.909. The molecule has 0 saturated carbocycles. The number of nitrogens with one attached hydrogen (secondary N) is 2. The van der Waals surface area contributed by atoms with Crippen LogP contribution in [0.15, 0.2) is 143 Å². The van der Waals surface area contributed by atoms with E-state index in [4.69, 9.17) is 85.6 Å². The van der Waals surface area contributed by atoms with E-state index in [1.54, 1.807) is 166 Å². The summed E-state index contributed by atoms with van der Waals surface area (Å²) in [6, 6.07) is 25.2. The van der Waals surface area contributed by atoms with Crippen LogP contribution in [0.4, 0.5) is 29.0 Å². The summed E-state index contributed by atoms with van der Waals surface area (Å²) in [6.07, 6.45) is 6.13. The van der Waals surface area contributed by atoms with Gasteiger partial charge in [-0.15, -0.1) is 0 Å². The van der Waals surface area contributed by atoms with Crippen LogP contribution in [0.2, 0.25) is 30.1 Å². The number of hydrogen-bond acceptors (Lipinski definition) is 20. The van der Waals surface area contributed by atoms with Crippen LogP contribution in [0.1, 0.15) is 53.0 Å². The van der Waals surface area contributed by atoms with Gasteiger partial charge in [-0.05, 0) is 105 Å². The summed E-state index contributed by atoms with van der Waals surface area (Å²) in [7, 11) is 11.1. The second kappa shape index (κ2) is 37.6. The number of rotatable bonds is 19. The van der Waals surface area contributed by atoms with Crippen LogP contribution in [-0.4, -0.2) is 117 Å². The summed E-state index contributed by atoms with van der Waals surface area (Å²) in [6.45, 7) is 0.144. The number of carbonyl (C=O) groups is 3. The first-order valence-corrected chi connectivity index (χ1v) is 34.0. The molecule has 9 N–H and O–H groups in total. The van der Waals surface area contributed by atoms with E-state index in [-0.39, 0.29) is 103 Å². The second-order valence-electron chi connectivity index (χ2n) is 23.2. The van der Waals surface area contributed by atoms with Crippen LogP contribution in [0.3, 0.4) is 0 Å². The van der Waals surface area contributed by atoms with Crippen LogP contribution < -0.4 is 69.0 Å². The molecule has 0 saturated heterocycles. The molecule has 0 aliphatic rings. The normalized spacial score (nSPS) is 10.7. The number of benzene rings is 3. The molecule has 9 aromatic heterocycles. The Kier molecular flexibility index (Phi) is 30.2. The quantitative estimate of drug-likeness (QED) is 0.0394. The van der Waals surface area contributed by atoms with Crippen molar-refractivity contribution in [1.29, 1.82) is 0 Å². The van der Waals surface area contributed by atoms with E-state index in [9.17, 15) is 43.2 Å². The molecule has 0 spiro atoms. The fourth-order valence-corrected chi connectivity index (χ4v) is 11.8. The maximum absolute atomic E-state index is 13.3. The molecule has 107 heavy (non-hydrogen) atoms. The van der Waals surface area contributed by atoms with Crippen LogP contribution >= 0.6 is 85.5 Å². The number of esters is 1. The van der Waals surface area contributed by atoms with Gasteiger partial charge in [-0.3, -0.25) is 71.1 Å². The zero-order valence-corrected chi connectivity index (χ0v) is 64.2. The fourth-order valence-electron chi connectivity index (χ4n) is 10.5. The van der Waals surface area contributed by atoms with Crippen molar-refractivity contribution in [3.63, 3.8) is 0 Å². The summed E-state index contributed by atoms with van der Waals surface area (Å²) in [4.78, 5) is 136. The molecular weight excluding hydrogens is 1580 g/mol. The smallest absolute Gasteiger partial charge is 0.870 e. The Labute approximate surface area is 656 Å². The molecule has 32 nitrogen and oxygen atoms in total. The van der Waals surface area contributed by atoms with Crippen molar-refractivity contribution in [1.82, 2.24) is 71.0 Å². The van der Waals surface area contributed by atoms with E-state index in [2.05, 4.69) is 61.2 Å². The van der Waals surface area contributed by atoms with Crippen molar-refractivity contribution >= 4 is 166 Å². The summed E-state index contributed by atoms with van der Waals surface area (Å²) in [5.74, 6) is -1.35. The average Bonchev–Trinajstić information content (AvgIpc) is 1.63. The third kappa shape index (κ3) is 20.4. The first-order chi connectivity index (χ1) is 49.3. The van der Waals surface area contributed by atoms with Gasteiger partial charge >= 0.3 is 53.8 Å². The molecule has 12 rings (SSSR count). The maximum atomic E-state index is 13.3. The molecule has 0 bridgehead atoms. The summed E-state index contributed by atoms with van der Waals surface area (Å²) in [5.41, 5.74) is 10.2. The molecule has 40 heteroatoms. The van der Waals surface area contributed by atoms with Crippen LogP contribution in [0.25, 0.3) is 33.5 Å². The number of imidazole rings is 3. The molecule has 3 aromatic carbocycles. The number of hydrogen-bond donors (Lipinski definition) is 5. The molecule has 0 amide bonds. The standard InChI is InChI=1S/C23H22Cl2N6O4.C22H20Cl2N6O4.C14H11BrCl2N4O2.C8H10N2O2.Li.2H2O/c1-29-19-20(28-22(29)27-15-8-9-26-14(11-15)5-7-18(32)35-3)30(2)23(34)31(21(19)33)12-13-4-6-16(24)17(25)10-13;1-28-18-19(27-21(28)26-14-7-8-25-13(10-14)4-6-17(31)32)29(2)22(34)30(20(18)33)11-12-3-5-15(23)16(24)9-12;1-19-10-11(18-13(19)15)20(2)14(23)21(12(10)22)6-7-3-4-8(16)9(17)5-7;9-6-3-4-10-7(5-6)1-2-8(11)12;;;/h4,6,8-11H,5,7,12H2,1-3H3,(H,26,27,28);3,5,7-10H,4,6,11H2,1-2H3,(H,31,32)(H,25,26,27);3-5H,6H2,1-2H3;3-5H,1-2H2,(H2,9,10)(H,11,12);;2*1H2/q;;;;+1;;/p-1. The van der Waals surface area contributed by atoms with Gasteiger partial charge in [0.2, 0.25) is 11.9 Å². The molecule has 0 aliphatic carbocycles. The van der Waals surface area contributed by atoms with Crippen LogP contribution in [-0.2, 0) is 100 Å². The maximum Gasteiger partial charge on any atom is 1.00 e. The third-order valence-corrected chi connectivity index (χ3v) is 18.9. The number of carbonyl (C=O) groups excluding carboxylic acids is 1. The van der Waals surface area contributed by atoms with E-state index in [0.717, 1.165) is 19.4 Å². The Balaban J connectivity index is 0.000000233. The number of aromatic nitrogens is 15. The Morgan fingerprint density at radius 3 is 1.13 bits per heavy atom. The van der Waals surface area contributed by atoms with Gasteiger partial charge in [0.25, 0.3) is 16.7 Å². The van der Waals surface area contributed by atoms with Crippen molar-refractivity contribution in [2.75, 3.05) is 23.5 Å². The third-order valence-electron chi connectivity index (χ3n) is 16.0. The van der Waals surface area contributed by atoms with E-state index in [1.807, 2.05) is 0 Å². The predicted octanol–water partition coefficient (Wildman–Crippen LogP) is 5.21. The van der Waals surface area contributed by atoms with E-state index >= 15 is 0 Å². The number of nitrogens with two attached hydrogens (primary N) is 1. The van der Waals surface area contributed by atoms with Gasteiger partial charge in [-0.25, -0.2) is 19.4 Å². The van der Waals surface area contributed by atoms with Gasteiger partial charge in [0.1, 0.15) is 0 Å². The number of nitrogens with zero attached hydrogens (tertiary/aromatic N) is 15. The van der Waals surface area contributed by atoms with Gasteiger partial charge < -0.3 is 56.0 Å². The van der Waals surface area contributed by atoms with Crippen molar-refractivity contribution in [2.24, 2.45) is 42.3 Å². The van der Waals surface area contributed by atoms with E-state index in [1.165, 1.54) is 20.8 Å². The largest absolute Gasteiger partial charge is 1.00 e. The van der Waals surface area contributed by atoms with Gasteiger partial charge in [0.15, 0.2) is 38.2 Å². The monoisotopic (exact) mass is 1640 g/mol. The molecular formula is C67H66BrCl6LiN18O14. The Hall–Kier alpha value is -9.89. The summed E-state index contributed by atoms with van der Waals surface area (Å²) in [5, 5.41) is 25.8. The zero-order valence-electron chi connectivity index (χ0n) is 58.1. The topological polar surface area (TPSA) is 437 Å². The predicted molar refractivity (Wildman–Crippen MR) is 407 cm³/mol. The number of nitrogen functional groups attached to an aromatic ring is 1. The van der Waals surface area contributed by atoms with Crippen molar-refractivity contribution in [3.05, 3.63) is 241 Å². The zero-order chi connectivity index (χ0) is 75.7. The fraction of sp³-hybridized carbons (Fsp3) is 0.239. The molecule has 0 fully saturated rings. The molecule has 558 valence electrons. The van der Waals surface area contributed by atoms with E-state index < -0.39 is 45.7 Å². The number of carboxylic acid groups (broad SMARTS) is 2. The number of carboxylic acids is 2. The minimum Gasteiger partial charge on any atom is -0.870 e. The molecule has 0 radical (unpaired) electrons. The summed E-state index contributed by atoms with van der Waals surface area (Å²) < 4.78 is 17.3. The number of halogens is 7. The number of methoxy groups -OCH3 is 1. The van der Waals surface area contributed by atoms with Gasteiger partial charge in [0, 0.05) is 114 Å². The van der Waals surface area contributed by atoms with Crippen molar-refractivity contribution in [2.45, 2.75) is 58.2 Å². The van der Waals surface area contributed by atoms with Crippen molar-refractivity contribution < 1.29 is 59.1 Å². The Bertz CT molecular complexity index is 5740. The molecule has 12 aromatic rings. The first-order valence-electron chi connectivity index (χ1n) is 30.9. The number of ether oxygens (including phenoxy) is 1. The number of fused-ring (bicyclic) bond motifs is 3. The Morgan fingerprint density at radius 2 is 0.794 bits per heavy atom. The number of aryl methyl sites for hydroxylation is 9. The minimum absolute atomic E-state index is 0. The van der Waals surface area contributed by atoms with Gasteiger partial charge in [0.05, 0.1) is 76.1 Å². The molecule has 9 heterocycles. The van der Waals surface area contributed by atoms with Gasteiger partial charge in [-0.2, -0.15) is 9.97 Å². The molecule has 0 aliphatic heterocycles. The second-order valence-corrected chi connectivity index (χ2v) is 26.3. The van der Waals surface area contributed by atoms with Gasteiger partial charge in [-0.1, -0.05) is 87.8 Å². The number of pyridine rings is 3. The van der Waals surface area contributed by atoms with Crippen LogP contribution in [0.5, 0.6) is 0 Å². The average molecular weight is 1650 g/mol. The SMILES string of the molecule is COC(=O)CCc1cc(Nc2nc3c(c(=O)n(Cc4ccc(Cl)c(Cl)c4)c(=O)n3C)n2C)ccn1.Cn1c(Br)nc2c1c(=O)n(Cc1ccc(Cl)c(Cl)c1)c(=O)n2C.Cn1c(Nc2ccnc(CCC(=O)O)c2)nc2c1c(=O)n(Cc1ccc(Cl)c(Cl)c1)c(=O)n2C.Nc1ccnc(CCC(=O)O)c1.O.[Li+].[OH-]. The first kappa shape index (κ1) is 86.0. The summed E-state index contributed by atoms with van der Waals surface area (Å²) >= 11 is 39.3. The number of aliphatic carboxylic acids is 2.